The summed E-state index contributed by atoms with van der Waals surface area (Å²) < 4.78 is 12.3. The van der Waals surface area contributed by atoms with Gasteiger partial charge in [-0.1, -0.05) is 12.1 Å². The number of aryl methyl sites for hydroxylation is 1. The molecule has 0 saturated carbocycles. The Hall–Kier alpha value is -2.09. The van der Waals surface area contributed by atoms with E-state index >= 15 is 0 Å². The molecule has 3 N–H and O–H groups in total. The lowest BCUT2D eigenvalue weighted by atomic mass is 10.1. The van der Waals surface area contributed by atoms with E-state index in [1.807, 2.05) is 19.1 Å². The molecule has 0 bridgehead atoms. The monoisotopic (exact) mass is 359 g/mol. The number of aromatic nitrogens is 1. The third-order valence-electron chi connectivity index (χ3n) is 3.74. The molecular formula is C17H17N3O2S2. The molecule has 2 aromatic heterocycles. The van der Waals surface area contributed by atoms with Gasteiger partial charge in [-0.3, -0.25) is 9.78 Å². The van der Waals surface area contributed by atoms with Crippen molar-refractivity contribution in [2.45, 2.75) is 18.4 Å². The van der Waals surface area contributed by atoms with Crippen LogP contribution < -0.4 is 11.1 Å². The van der Waals surface area contributed by atoms with Gasteiger partial charge in [-0.15, -0.1) is 11.3 Å². The molecule has 0 aliphatic carbocycles. The van der Waals surface area contributed by atoms with Crippen LogP contribution in [0.1, 0.15) is 20.8 Å². The quantitative estimate of drug-likeness (QED) is 0.701. The summed E-state index contributed by atoms with van der Waals surface area (Å²) in [5.74, 6) is -0.198. The summed E-state index contributed by atoms with van der Waals surface area (Å²) in [5, 5.41) is 3.78. The number of nitrogen functional groups attached to an aromatic ring is 1. The molecule has 2 heterocycles. The minimum absolute atomic E-state index is 0.198. The highest BCUT2D eigenvalue weighted by Gasteiger charge is 2.17. The zero-order valence-electron chi connectivity index (χ0n) is 13.3. The number of benzene rings is 1. The number of carbonyl (C=O) groups excluding carboxylic acids is 1. The number of nitrogens with zero attached hydrogens (tertiary/aromatic N) is 1. The lowest BCUT2D eigenvalue weighted by molar-refractivity contribution is 0.0956. The molecule has 5 nitrogen and oxygen atoms in total. The maximum atomic E-state index is 12.4. The van der Waals surface area contributed by atoms with Crippen LogP contribution >= 0.6 is 11.3 Å². The number of fused-ring (bicyclic) bond motifs is 1. The van der Waals surface area contributed by atoms with Gasteiger partial charge < -0.3 is 15.6 Å². The first-order valence-electron chi connectivity index (χ1n) is 7.30. The average molecular weight is 359 g/mol. The topological polar surface area (TPSA) is 91.1 Å². The first-order valence-corrected chi connectivity index (χ1v) is 9.68. The molecular weight excluding hydrogens is 342 g/mol. The van der Waals surface area contributed by atoms with Crippen molar-refractivity contribution in [1.29, 1.82) is 0 Å². The Balaban J connectivity index is 1.76. The van der Waals surface area contributed by atoms with Gasteiger partial charge in [0.2, 0.25) is 0 Å². The van der Waals surface area contributed by atoms with Crippen LogP contribution in [0.25, 0.3) is 10.1 Å². The van der Waals surface area contributed by atoms with E-state index in [1.165, 1.54) is 11.3 Å². The number of hydrogen-bond acceptors (Lipinski definition) is 5. The van der Waals surface area contributed by atoms with Gasteiger partial charge in [0.05, 0.1) is 10.4 Å². The third-order valence-corrected chi connectivity index (χ3v) is 5.82. The molecule has 24 heavy (non-hydrogen) atoms. The van der Waals surface area contributed by atoms with E-state index in [4.69, 9.17) is 5.73 Å². The van der Waals surface area contributed by atoms with E-state index in [0.717, 1.165) is 26.1 Å². The van der Waals surface area contributed by atoms with Crippen LogP contribution in [-0.4, -0.2) is 21.7 Å². The Kier molecular flexibility index (Phi) is 4.75. The first kappa shape index (κ1) is 16.8. The molecule has 0 saturated heterocycles. The minimum Gasteiger partial charge on any atom is -0.612 e. The summed E-state index contributed by atoms with van der Waals surface area (Å²) in [5.41, 5.74) is 8.56. The number of nitrogens with two attached hydrogens (primary N) is 1. The van der Waals surface area contributed by atoms with Crippen LogP contribution in [0.3, 0.4) is 0 Å². The number of anilines is 1. The molecule has 3 rings (SSSR count). The second kappa shape index (κ2) is 6.80. The smallest absolute Gasteiger partial charge is 0.263 e. The minimum atomic E-state index is -1.00. The maximum Gasteiger partial charge on any atom is 0.263 e. The predicted octanol–water partition coefficient (Wildman–Crippen LogP) is 2.85. The Morgan fingerprint density at radius 1 is 1.33 bits per heavy atom. The van der Waals surface area contributed by atoms with Crippen LogP contribution in [0.5, 0.6) is 0 Å². The number of amides is 1. The van der Waals surface area contributed by atoms with E-state index in [9.17, 15) is 9.35 Å². The first-order chi connectivity index (χ1) is 11.5. The summed E-state index contributed by atoms with van der Waals surface area (Å²) in [6.45, 7) is 2.32. The van der Waals surface area contributed by atoms with Crippen molar-refractivity contribution in [3.8, 4) is 0 Å². The molecule has 0 aliphatic heterocycles. The zero-order chi connectivity index (χ0) is 17.3. The fraction of sp³-hybridized carbons (Fsp3) is 0.176. The van der Waals surface area contributed by atoms with Crippen LogP contribution in [0.4, 0.5) is 5.69 Å². The maximum absolute atomic E-state index is 12.4. The third kappa shape index (κ3) is 3.24. The van der Waals surface area contributed by atoms with Gasteiger partial charge in [-0.25, -0.2) is 0 Å². The van der Waals surface area contributed by atoms with E-state index < -0.39 is 11.2 Å². The fourth-order valence-corrected chi connectivity index (χ4v) is 4.07. The van der Waals surface area contributed by atoms with E-state index in [1.54, 1.807) is 30.8 Å². The number of nitrogens with one attached hydrogen (secondary N) is 1. The molecule has 1 atom stereocenters. The predicted molar refractivity (Wildman–Crippen MR) is 98.7 cm³/mol. The molecule has 124 valence electrons. The van der Waals surface area contributed by atoms with Crippen molar-refractivity contribution in [3.63, 3.8) is 0 Å². The van der Waals surface area contributed by atoms with Gasteiger partial charge in [-0.2, -0.15) is 0 Å². The number of carbonyl (C=O) groups is 1. The number of thiophene rings is 1. The highest BCUT2D eigenvalue weighted by Crippen LogP contribution is 2.34. The summed E-state index contributed by atoms with van der Waals surface area (Å²) in [7, 11) is 0. The van der Waals surface area contributed by atoms with Crippen molar-refractivity contribution in [2.75, 3.05) is 12.0 Å². The van der Waals surface area contributed by atoms with E-state index in [2.05, 4.69) is 10.3 Å². The Morgan fingerprint density at radius 2 is 2.04 bits per heavy atom. The van der Waals surface area contributed by atoms with Crippen molar-refractivity contribution in [3.05, 3.63) is 52.7 Å². The molecule has 1 aromatic carbocycles. The fourth-order valence-electron chi connectivity index (χ4n) is 2.47. The van der Waals surface area contributed by atoms with Crippen LogP contribution in [0.15, 0.2) is 41.6 Å². The summed E-state index contributed by atoms with van der Waals surface area (Å²) in [4.78, 5) is 17.9. The van der Waals surface area contributed by atoms with Crippen LogP contribution in [0.2, 0.25) is 0 Å². The number of hydrogen-bond donors (Lipinski definition) is 2. The second-order valence-corrected chi connectivity index (χ2v) is 7.89. The van der Waals surface area contributed by atoms with Gasteiger partial charge >= 0.3 is 0 Å². The van der Waals surface area contributed by atoms with Gasteiger partial charge in [-0.05, 0) is 41.4 Å². The zero-order valence-corrected chi connectivity index (χ0v) is 15.0. The largest absolute Gasteiger partial charge is 0.612 e. The summed E-state index contributed by atoms with van der Waals surface area (Å²) in [6.07, 6.45) is 5.11. The molecule has 0 radical (unpaired) electrons. The lowest BCUT2D eigenvalue weighted by Gasteiger charge is -2.07. The standard InChI is InChI=1S/C17H17N3O2S2/c1-10-7-19-9-13-14(10)15(18)16(23-13)17(21)20-8-11-3-5-12(6-4-11)24(2)22/h3-7,9H,8,18H2,1-2H3,(H,20,21). The van der Waals surface area contributed by atoms with Gasteiger partial charge in [0, 0.05) is 24.3 Å². The number of pyridine rings is 1. The number of rotatable bonds is 4. The van der Waals surface area contributed by atoms with E-state index in [-0.39, 0.29) is 5.91 Å². The summed E-state index contributed by atoms with van der Waals surface area (Å²) >= 11 is 0.346. The Labute approximate surface area is 147 Å². The SMILES string of the molecule is Cc1cncc2sc(C(=O)NCc3ccc([S+](C)[O-])cc3)c(N)c12. The molecule has 1 unspecified atom stereocenters. The van der Waals surface area contributed by atoms with Gasteiger partial charge in [0.15, 0.2) is 4.90 Å². The van der Waals surface area contributed by atoms with Crippen molar-refractivity contribution in [1.82, 2.24) is 10.3 Å². The van der Waals surface area contributed by atoms with Crippen LogP contribution in [0, 0.1) is 6.92 Å². The molecule has 0 spiro atoms. The molecule has 0 fully saturated rings. The summed E-state index contributed by atoms with van der Waals surface area (Å²) in [6, 6.07) is 7.33. The molecule has 0 aliphatic rings. The average Bonchev–Trinajstić information content (AvgIpc) is 2.91. The van der Waals surface area contributed by atoms with Crippen molar-refractivity contribution in [2.24, 2.45) is 0 Å². The van der Waals surface area contributed by atoms with Crippen molar-refractivity contribution < 1.29 is 9.35 Å². The Morgan fingerprint density at radius 3 is 2.67 bits per heavy atom. The van der Waals surface area contributed by atoms with Crippen LogP contribution in [-0.2, 0) is 17.7 Å². The Bertz CT molecular complexity index is 889. The van der Waals surface area contributed by atoms with E-state index in [0.29, 0.717) is 17.1 Å². The molecule has 1 amide bonds. The van der Waals surface area contributed by atoms with Gasteiger partial charge in [0.25, 0.3) is 5.91 Å². The molecule has 3 aromatic rings. The van der Waals surface area contributed by atoms with Gasteiger partial charge in [0.1, 0.15) is 11.1 Å². The highest BCUT2D eigenvalue weighted by atomic mass is 32.2. The lowest BCUT2D eigenvalue weighted by Crippen LogP contribution is -2.22. The van der Waals surface area contributed by atoms with Crippen molar-refractivity contribution >= 4 is 44.2 Å². The normalized spacial score (nSPS) is 12.3. The second-order valence-electron chi connectivity index (χ2n) is 5.46. The highest BCUT2D eigenvalue weighted by molar-refractivity contribution is 7.90. The molecule has 7 heteroatoms.